The number of nitriles is 1. The number of aliphatic imine (C=N–C) groups is 1. The SMILES string of the molecule is N#Cc1cccc(-c2ccc3c(c2)C2(CONC(N)=N2)CC2(CCCOC2)O3)c1. The molecule has 0 bridgehead atoms. The average molecular weight is 390 g/mol. The molecule has 1 saturated heterocycles. The number of guanidine groups is 1. The lowest BCUT2D eigenvalue weighted by molar-refractivity contribution is -0.108. The molecule has 2 aromatic carbocycles. The topological polar surface area (TPSA) is 102 Å². The molecule has 5 rings (SSSR count). The maximum Gasteiger partial charge on any atom is 0.214 e. The van der Waals surface area contributed by atoms with Crippen LogP contribution < -0.4 is 16.0 Å². The summed E-state index contributed by atoms with van der Waals surface area (Å²) in [4.78, 5) is 10.4. The molecule has 0 aliphatic carbocycles. The maximum atomic E-state index is 9.23. The lowest BCUT2D eigenvalue weighted by Gasteiger charge is -2.49. The largest absolute Gasteiger partial charge is 0.484 e. The van der Waals surface area contributed by atoms with Crippen molar-refractivity contribution >= 4 is 5.96 Å². The van der Waals surface area contributed by atoms with E-state index in [0.717, 1.165) is 41.9 Å². The molecule has 2 unspecified atom stereocenters. The van der Waals surface area contributed by atoms with E-state index < -0.39 is 11.1 Å². The number of benzene rings is 2. The Labute approximate surface area is 169 Å². The van der Waals surface area contributed by atoms with E-state index in [1.165, 1.54) is 0 Å². The number of nitrogens with zero attached hydrogens (tertiary/aromatic N) is 2. The van der Waals surface area contributed by atoms with Gasteiger partial charge in [-0.3, -0.25) is 4.84 Å². The van der Waals surface area contributed by atoms with Crippen molar-refractivity contribution in [3.05, 3.63) is 53.6 Å². The minimum atomic E-state index is -0.646. The Bertz CT molecular complexity index is 1020. The Hall–Kier alpha value is -3.08. The number of rotatable bonds is 1. The minimum Gasteiger partial charge on any atom is -0.484 e. The number of hydrogen-bond donors (Lipinski definition) is 2. The van der Waals surface area contributed by atoms with Crippen LogP contribution in [-0.2, 0) is 15.1 Å². The summed E-state index contributed by atoms with van der Waals surface area (Å²) in [5.74, 6) is 1.04. The van der Waals surface area contributed by atoms with Gasteiger partial charge in [0.25, 0.3) is 0 Å². The van der Waals surface area contributed by atoms with Gasteiger partial charge in [-0.25, -0.2) is 10.5 Å². The predicted octanol–water partition coefficient (Wildman–Crippen LogP) is 2.60. The number of fused-ring (bicyclic) bond motifs is 2. The van der Waals surface area contributed by atoms with Crippen LogP contribution in [-0.4, -0.2) is 31.4 Å². The Kier molecular flexibility index (Phi) is 4.19. The van der Waals surface area contributed by atoms with Crippen molar-refractivity contribution in [2.45, 2.75) is 30.4 Å². The van der Waals surface area contributed by atoms with Crippen molar-refractivity contribution < 1.29 is 14.3 Å². The van der Waals surface area contributed by atoms with Gasteiger partial charge in [-0.2, -0.15) is 5.26 Å². The van der Waals surface area contributed by atoms with Crippen molar-refractivity contribution in [1.82, 2.24) is 5.48 Å². The van der Waals surface area contributed by atoms with Gasteiger partial charge in [-0.1, -0.05) is 18.2 Å². The lowest BCUT2D eigenvalue weighted by Crippen LogP contribution is -2.56. The summed E-state index contributed by atoms with van der Waals surface area (Å²) in [5.41, 5.74) is 11.1. The van der Waals surface area contributed by atoms with Crippen LogP contribution in [0.5, 0.6) is 5.75 Å². The van der Waals surface area contributed by atoms with Crippen LogP contribution in [0, 0.1) is 11.3 Å². The molecule has 2 aromatic rings. The third-order valence-electron chi connectivity index (χ3n) is 5.86. The summed E-state index contributed by atoms with van der Waals surface area (Å²) in [6.45, 7) is 1.64. The quantitative estimate of drug-likeness (QED) is 0.776. The van der Waals surface area contributed by atoms with Crippen LogP contribution in [0.1, 0.15) is 30.4 Å². The highest BCUT2D eigenvalue weighted by molar-refractivity contribution is 5.78. The Balaban J connectivity index is 1.64. The monoisotopic (exact) mass is 390 g/mol. The molecular weight excluding hydrogens is 368 g/mol. The first-order valence-corrected chi connectivity index (χ1v) is 9.77. The second-order valence-electron chi connectivity index (χ2n) is 7.94. The standard InChI is InChI=1S/C22H22N4O3/c23-11-15-3-1-4-16(9-15)17-5-6-19-18(10-17)22(14-28-26-20(24)25-22)12-21(29-19)7-2-8-27-13-21/h1,3-6,9-10H,2,7-8,12-14H2,(H3,24,25,26). The zero-order chi connectivity index (χ0) is 19.9. The molecule has 2 spiro atoms. The van der Waals surface area contributed by atoms with Crippen molar-refractivity contribution in [3.63, 3.8) is 0 Å². The molecular formula is C22H22N4O3. The fourth-order valence-electron chi connectivity index (χ4n) is 4.62. The van der Waals surface area contributed by atoms with Crippen molar-refractivity contribution in [2.24, 2.45) is 10.7 Å². The zero-order valence-corrected chi connectivity index (χ0v) is 16.0. The molecule has 148 valence electrons. The Morgan fingerprint density at radius 1 is 1.14 bits per heavy atom. The van der Waals surface area contributed by atoms with Crippen LogP contribution in [0.25, 0.3) is 11.1 Å². The molecule has 3 aliphatic heterocycles. The molecule has 1 fully saturated rings. The van der Waals surface area contributed by atoms with E-state index in [0.29, 0.717) is 25.2 Å². The Morgan fingerprint density at radius 2 is 2.03 bits per heavy atom. The highest BCUT2D eigenvalue weighted by Crippen LogP contribution is 2.50. The number of ether oxygens (including phenoxy) is 2. The van der Waals surface area contributed by atoms with Gasteiger partial charge in [0.2, 0.25) is 5.96 Å². The summed E-state index contributed by atoms with van der Waals surface area (Å²) in [6, 6.07) is 15.8. The highest BCUT2D eigenvalue weighted by Gasteiger charge is 2.52. The van der Waals surface area contributed by atoms with E-state index in [9.17, 15) is 5.26 Å². The third kappa shape index (κ3) is 3.11. The molecule has 0 aromatic heterocycles. The lowest BCUT2D eigenvalue weighted by atomic mass is 9.74. The average Bonchev–Trinajstić information content (AvgIpc) is 2.74. The van der Waals surface area contributed by atoms with Crippen LogP contribution in [0.3, 0.4) is 0 Å². The van der Waals surface area contributed by atoms with Crippen LogP contribution in [0.2, 0.25) is 0 Å². The van der Waals surface area contributed by atoms with E-state index in [1.807, 2.05) is 30.3 Å². The zero-order valence-electron chi connectivity index (χ0n) is 16.0. The molecule has 29 heavy (non-hydrogen) atoms. The van der Waals surface area contributed by atoms with Gasteiger partial charge in [0, 0.05) is 18.6 Å². The van der Waals surface area contributed by atoms with E-state index >= 15 is 0 Å². The second kappa shape index (κ2) is 6.76. The third-order valence-corrected chi connectivity index (χ3v) is 5.86. The molecule has 3 N–H and O–H groups in total. The molecule has 0 amide bonds. The van der Waals surface area contributed by atoms with Crippen molar-refractivity contribution in [1.29, 1.82) is 5.26 Å². The van der Waals surface area contributed by atoms with E-state index in [1.54, 1.807) is 6.07 Å². The molecule has 7 heteroatoms. The first kappa shape index (κ1) is 18.0. The van der Waals surface area contributed by atoms with Crippen LogP contribution >= 0.6 is 0 Å². The van der Waals surface area contributed by atoms with Crippen molar-refractivity contribution in [2.75, 3.05) is 19.8 Å². The smallest absolute Gasteiger partial charge is 0.214 e. The number of hydrogen-bond acceptors (Lipinski definition) is 7. The fraction of sp³-hybridized carbons (Fsp3) is 0.364. The summed E-state index contributed by atoms with van der Waals surface area (Å²) in [6.07, 6.45) is 2.49. The van der Waals surface area contributed by atoms with Gasteiger partial charge >= 0.3 is 0 Å². The molecule has 3 heterocycles. The van der Waals surface area contributed by atoms with Gasteiger partial charge in [-0.05, 0) is 48.2 Å². The van der Waals surface area contributed by atoms with Gasteiger partial charge in [0.15, 0.2) is 0 Å². The summed E-state index contributed by atoms with van der Waals surface area (Å²) in [5, 5.41) is 9.23. The first-order chi connectivity index (χ1) is 14.1. The number of hydroxylamine groups is 1. The van der Waals surface area contributed by atoms with Gasteiger partial charge in [0.1, 0.15) is 23.5 Å². The number of nitrogens with one attached hydrogen (secondary N) is 1. The highest BCUT2D eigenvalue weighted by atomic mass is 16.7. The predicted molar refractivity (Wildman–Crippen MR) is 107 cm³/mol. The van der Waals surface area contributed by atoms with Crippen molar-refractivity contribution in [3.8, 4) is 22.9 Å². The van der Waals surface area contributed by atoms with E-state index in [2.05, 4.69) is 17.6 Å². The molecule has 0 saturated carbocycles. The van der Waals surface area contributed by atoms with Gasteiger partial charge in [0.05, 0.1) is 18.2 Å². The summed E-state index contributed by atoms with van der Waals surface area (Å²) >= 11 is 0. The van der Waals surface area contributed by atoms with Crippen LogP contribution in [0.15, 0.2) is 47.5 Å². The van der Waals surface area contributed by atoms with Crippen LogP contribution in [0.4, 0.5) is 0 Å². The fourth-order valence-corrected chi connectivity index (χ4v) is 4.62. The summed E-state index contributed by atoms with van der Waals surface area (Å²) < 4.78 is 12.3. The minimum absolute atomic E-state index is 0.257. The normalized spacial score (nSPS) is 28.0. The molecule has 3 aliphatic rings. The molecule has 7 nitrogen and oxygen atoms in total. The van der Waals surface area contributed by atoms with Gasteiger partial charge < -0.3 is 15.2 Å². The maximum absolute atomic E-state index is 9.23. The molecule has 2 atom stereocenters. The number of nitrogens with two attached hydrogens (primary N) is 1. The first-order valence-electron chi connectivity index (χ1n) is 9.77. The van der Waals surface area contributed by atoms with E-state index in [4.69, 9.17) is 25.0 Å². The Morgan fingerprint density at radius 3 is 2.83 bits per heavy atom. The second-order valence-corrected chi connectivity index (χ2v) is 7.94. The van der Waals surface area contributed by atoms with Gasteiger partial charge in [-0.15, -0.1) is 0 Å². The van der Waals surface area contributed by atoms with E-state index in [-0.39, 0.29) is 5.96 Å². The summed E-state index contributed by atoms with van der Waals surface area (Å²) in [7, 11) is 0. The molecule has 0 radical (unpaired) electrons.